The highest BCUT2D eigenvalue weighted by atomic mass is 16.5. The van der Waals surface area contributed by atoms with Crippen LogP contribution in [0.1, 0.15) is 33.3 Å². The summed E-state index contributed by atoms with van der Waals surface area (Å²) in [7, 11) is 0. The first-order valence-corrected chi connectivity index (χ1v) is 8.43. The van der Waals surface area contributed by atoms with E-state index >= 15 is 0 Å². The van der Waals surface area contributed by atoms with Crippen LogP contribution in [0.15, 0.2) is 23.3 Å². The van der Waals surface area contributed by atoms with Crippen LogP contribution in [0.25, 0.3) is 0 Å². The lowest BCUT2D eigenvalue weighted by Crippen LogP contribution is -2.45. The molecule has 128 valence electrons. The van der Waals surface area contributed by atoms with Crippen LogP contribution >= 0.6 is 0 Å². The number of hydrogen-bond donors (Lipinski definition) is 1. The molecule has 6 heteroatoms. The Morgan fingerprint density at radius 2 is 1.96 bits per heavy atom. The topological polar surface area (TPSA) is 67.0 Å². The molecule has 1 saturated heterocycles. The van der Waals surface area contributed by atoms with Crippen LogP contribution in [-0.4, -0.2) is 54.2 Å². The van der Waals surface area contributed by atoms with Crippen LogP contribution in [-0.2, 0) is 11.3 Å². The van der Waals surface area contributed by atoms with Gasteiger partial charge in [-0.15, -0.1) is 0 Å². The summed E-state index contributed by atoms with van der Waals surface area (Å²) in [6.45, 7) is 12.4. The molecule has 1 aromatic heterocycles. The van der Waals surface area contributed by atoms with Crippen molar-refractivity contribution >= 4 is 11.8 Å². The molecule has 23 heavy (non-hydrogen) atoms. The maximum absolute atomic E-state index is 6.00. The van der Waals surface area contributed by atoms with Gasteiger partial charge in [0.05, 0.1) is 18.8 Å². The van der Waals surface area contributed by atoms with Gasteiger partial charge in [-0.3, -0.25) is 0 Å². The first-order valence-electron chi connectivity index (χ1n) is 8.43. The van der Waals surface area contributed by atoms with Gasteiger partial charge in [-0.05, 0) is 39.3 Å². The van der Waals surface area contributed by atoms with Crippen molar-refractivity contribution in [2.75, 3.05) is 31.1 Å². The Morgan fingerprint density at radius 1 is 1.30 bits per heavy atom. The van der Waals surface area contributed by atoms with E-state index in [2.05, 4.69) is 54.7 Å². The lowest BCUT2D eigenvalue weighted by molar-refractivity contribution is -0.00545. The van der Waals surface area contributed by atoms with Gasteiger partial charge >= 0.3 is 0 Å². The number of morpholine rings is 1. The van der Waals surface area contributed by atoms with Gasteiger partial charge in [0.15, 0.2) is 5.96 Å². The maximum Gasteiger partial charge on any atom is 0.191 e. The van der Waals surface area contributed by atoms with Crippen molar-refractivity contribution in [3.63, 3.8) is 0 Å². The van der Waals surface area contributed by atoms with E-state index in [0.29, 0.717) is 12.5 Å². The predicted octanol–water partition coefficient (Wildman–Crippen LogP) is 1.85. The van der Waals surface area contributed by atoms with Crippen molar-refractivity contribution in [2.45, 2.75) is 46.4 Å². The van der Waals surface area contributed by atoms with Crippen molar-refractivity contribution in [3.8, 4) is 0 Å². The minimum atomic E-state index is 0.235. The molecule has 2 rings (SSSR count). The Morgan fingerprint density at radius 3 is 2.48 bits per heavy atom. The average molecular weight is 319 g/mol. The normalized spacial score (nSPS) is 22.3. The highest BCUT2D eigenvalue weighted by molar-refractivity contribution is 5.78. The summed E-state index contributed by atoms with van der Waals surface area (Å²) in [4.78, 5) is 13.3. The monoisotopic (exact) mass is 319 g/mol. The van der Waals surface area contributed by atoms with E-state index in [1.807, 2.05) is 11.1 Å². The number of nitrogens with two attached hydrogens (primary N) is 1. The lowest BCUT2D eigenvalue weighted by atomic mass is 10.2. The molecular weight excluding hydrogens is 290 g/mol. The summed E-state index contributed by atoms with van der Waals surface area (Å²) < 4.78 is 5.76. The lowest BCUT2D eigenvalue weighted by Gasteiger charge is -2.36. The second-order valence-electron chi connectivity index (χ2n) is 6.03. The Balaban J connectivity index is 1.98. The molecule has 2 heterocycles. The quantitative estimate of drug-likeness (QED) is 0.663. The zero-order chi connectivity index (χ0) is 16.8. The molecule has 1 aliphatic rings. The van der Waals surface area contributed by atoms with Gasteiger partial charge in [0.2, 0.25) is 0 Å². The van der Waals surface area contributed by atoms with Gasteiger partial charge in [0.1, 0.15) is 5.82 Å². The summed E-state index contributed by atoms with van der Waals surface area (Å²) >= 11 is 0. The Labute approximate surface area is 139 Å². The number of anilines is 1. The zero-order valence-corrected chi connectivity index (χ0v) is 14.7. The molecule has 0 aliphatic carbocycles. The fourth-order valence-electron chi connectivity index (χ4n) is 2.88. The average Bonchev–Trinajstić information content (AvgIpc) is 2.53. The zero-order valence-electron chi connectivity index (χ0n) is 14.7. The number of hydrogen-bond acceptors (Lipinski definition) is 4. The summed E-state index contributed by atoms with van der Waals surface area (Å²) in [5.74, 6) is 1.59. The molecule has 2 unspecified atom stereocenters. The number of ether oxygens (including phenoxy) is 1. The number of nitrogens with zero attached hydrogens (tertiary/aromatic N) is 4. The van der Waals surface area contributed by atoms with Crippen molar-refractivity contribution in [2.24, 2.45) is 10.7 Å². The van der Waals surface area contributed by atoms with E-state index < -0.39 is 0 Å². The van der Waals surface area contributed by atoms with Gasteiger partial charge in [0, 0.05) is 32.4 Å². The number of pyridine rings is 1. The third-order valence-electron chi connectivity index (χ3n) is 4.06. The Kier molecular flexibility index (Phi) is 6.21. The standard InChI is InChI=1S/C17H29N5O/c1-5-21(6-2)17(18)20-10-15-7-8-16(19-9-15)22-11-13(3)23-14(4)12-22/h7-9,13-14H,5-6,10-12H2,1-4H3,(H2,18,20). The summed E-state index contributed by atoms with van der Waals surface area (Å²) in [5, 5.41) is 0. The molecule has 2 atom stereocenters. The van der Waals surface area contributed by atoms with E-state index in [-0.39, 0.29) is 12.2 Å². The second-order valence-corrected chi connectivity index (χ2v) is 6.03. The Hall–Kier alpha value is -1.82. The third kappa shape index (κ3) is 4.82. The van der Waals surface area contributed by atoms with Crippen LogP contribution in [0.5, 0.6) is 0 Å². The fourth-order valence-corrected chi connectivity index (χ4v) is 2.88. The van der Waals surface area contributed by atoms with Gasteiger partial charge in [-0.1, -0.05) is 6.07 Å². The molecule has 0 saturated carbocycles. The highest BCUT2D eigenvalue weighted by Crippen LogP contribution is 2.18. The van der Waals surface area contributed by atoms with Crippen LogP contribution in [0.2, 0.25) is 0 Å². The fraction of sp³-hybridized carbons (Fsp3) is 0.647. The van der Waals surface area contributed by atoms with Gasteiger partial charge in [0.25, 0.3) is 0 Å². The smallest absolute Gasteiger partial charge is 0.191 e. The molecule has 0 spiro atoms. The molecule has 2 N–H and O–H groups in total. The SMILES string of the molecule is CCN(CC)C(N)=NCc1ccc(N2CC(C)OC(C)C2)nc1. The first-order chi connectivity index (χ1) is 11.0. The minimum Gasteiger partial charge on any atom is -0.372 e. The molecule has 0 radical (unpaired) electrons. The summed E-state index contributed by atoms with van der Waals surface area (Å²) in [6.07, 6.45) is 2.36. The van der Waals surface area contributed by atoms with Gasteiger partial charge in [-0.25, -0.2) is 9.98 Å². The number of guanidine groups is 1. The second kappa shape index (κ2) is 8.15. The van der Waals surface area contributed by atoms with Crippen LogP contribution < -0.4 is 10.6 Å². The third-order valence-corrected chi connectivity index (χ3v) is 4.06. The molecule has 0 bridgehead atoms. The molecule has 0 amide bonds. The highest BCUT2D eigenvalue weighted by Gasteiger charge is 2.22. The van der Waals surface area contributed by atoms with E-state index in [0.717, 1.165) is 37.6 Å². The molecule has 1 aromatic rings. The van der Waals surface area contributed by atoms with Gasteiger partial charge in [-0.2, -0.15) is 0 Å². The van der Waals surface area contributed by atoms with Gasteiger partial charge < -0.3 is 20.3 Å². The molecule has 0 aromatic carbocycles. The van der Waals surface area contributed by atoms with E-state index in [9.17, 15) is 0 Å². The van der Waals surface area contributed by atoms with E-state index in [1.54, 1.807) is 0 Å². The van der Waals surface area contributed by atoms with Crippen molar-refractivity contribution < 1.29 is 4.74 Å². The van der Waals surface area contributed by atoms with Crippen LogP contribution in [0.3, 0.4) is 0 Å². The molecule has 1 aliphatic heterocycles. The van der Waals surface area contributed by atoms with Crippen LogP contribution in [0.4, 0.5) is 5.82 Å². The van der Waals surface area contributed by atoms with E-state index in [1.165, 1.54) is 0 Å². The first kappa shape index (κ1) is 17.5. The van der Waals surface area contributed by atoms with Crippen molar-refractivity contribution in [1.29, 1.82) is 0 Å². The predicted molar refractivity (Wildman–Crippen MR) is 94.7 cm³/mol. The molecule has 1 fully saturated rings. The molecular formula is C17H29N5O. The largest absolute Gasteiger partial charge is 0.372 e. The van der Waals surface area contributed by atoms with Crippen molar-refractivity contribution in [3.05, 3.63) is 23.9 Å². The number of rotatable bonds is 5. The number of aliphatic imine (C=N–C) groups is 1. The summed E-state index contributed by atoms with van der Waals surface area (Å²) in [5.41, 5.74) is 7.07. The Bertz CT molecular complexity index is 502. The summed E-state index contributed by atoms with van der Waals surface area (Å²) in [6, 6.07) is 4.13. The van der Waals surface area contributed by atoms with Crippen molar-refractivity contribution in [1.82, 2.24) is 9.88 Å². The number of aromatic nitrogens is 1. The van der Waals surface area contributed by atoms with Crippen LogP contribution in [0, 0.1) is 0 Å². The molecule has 6 nitrogen and oxygen atoms in total. The maximum atomic E-state index is 6.00. The minimum absolute atomic E-state index is 0.235. The van der Waals surface area contributed by atoms with E-state index in [4.69, 9.17) is 10.5 Å².